The van der Waals surface area contributed by atoms with E-state index in [4.69, 9.17) is 19.5 Å². The number of nitrogens with one attached hydrogen (secondary N) is 1. The molecule has 0 heterocycles. The van der Waals surface area contributed by atoms with E-state index in [1.165, 1.54) is 0 Å². The van der Waals surface area contributed by atoms with Crippen LogP contribution in [0.1, 0.15) is 33.1 Å². The van der Waals surface area contributed by atoms with Gasteiger partial charge in [0.2, 0.25) is 0 Å². The van der Waals surface area contributed by atoms with Crippen molar-refractivity contribution in [1.29, 1.82) is 5.26 Å². The fourth-order valence-electron chi connectivity index (χ4n) is 1.58. The molecule has 0 aromatic heterocycles. The number of ether oxygens (including phenoxy) is 3. The Balaban J connectivity index is 3.44. The Morgan fingerprint density at radius 3 is 2.32 bits per heavy atom. The third-order valence-corrected chi connectivity index (χ3v) is 2.78. The van der Waals surface area contributed by atoms with E-state index in [0.717, 1.165) is 25.8 Å². The van der Waals surface area contributed by atoms with E-state index in [2.05, 4.69) is 18.3 Å². The normalized spacial score (nSPS) is 14.0. The molecule has 0 aromatic carbocycles. The second-order valence-corrected chi connectivity index (χ2v) is 4.69. The highest BCUT2D eigenvalue weighted by atomic mass is 16.5. The Morgan fingerprint density at radius 2 is 1.74 bits per heavy atom. The van der Waals surface area contributed by atoms with Gasteiger partial charge in [0.1, 0.15) is 5.54 Å². The maximum atomic E-state index is 9.15. The lowest BCUT2D eigenvalue weighted by atomic mass is 9.98. The molecule has 0 amide bonds. The van der Waals surface area contributed by atoms with Crippen LogP contribution in [-0.2, 0) is 14.2 Å². The van der Waals surface area contributed by atoms with E-state index in [1.54, 1.807) is 7.11 Å². The van der Waals surface area contributed by atoms with Crippen LogP contribution in [0.4, 0.5) is 0 Å². The number of nitrogens with zero attached hydrogens (tertiary/aromatic N) is 1. The van der Waals surface area contributed by atoms with Gasteiger partial charge < -0.3 is 14.2 Å². The predicted octanol–water partition coefficient (Wildman–Crippen LogP) is 1.73. The smallest absolute Gasteiger partial charge is 0.104 e. The molecule has 0 aliphatic heterocycles. The minimum absolute atomic E-state index is 0.436. The Kier molecular flexibility index (Phi) is 11.9. The van der Waals surface area contributed by atoms with Crippen LogP contribution in [0.5, 0.6) is 0 Å². The lowest BCUT2D eigenvalue weighted by molar-refractivity contribution is 0.0233. The minimum Gasteiger partial charge on any atom is -0.382 e. The van der Waals surface area contributed by atoms with Crippen molar-refractivity contribution >= 4 is 0 Å². The van der Waals surface area contributed by atoms with Crippen molar-refractivity contribution in [3.8, 4) is 6.07 Å². The summed E-state index contributed by atoms with van der Waals surface area (Å²) in [6, 6.07) is 2.33. The van der Waals surface area contributed by atoms with Gasteiger partial charge in [-0.3, -0.25) is 5.32 Å². The van der Waals surface area contributed by atoms with Crippen LogP contribution in [0.3, 0.4) is 0 Å². The van der Waals surface area contributed by atoms with Gasteiger partial charge in [-0.15, -0.1) is 0 Å². The average molecular weight is 272 g/mol. The van der Waals surface area contributed by atoms with E-state index in [-0.39, 0.29) is 0 Å². The second-order valence-electron chi connectivity index (χ2n) is 4.69. The summed E-state index contributed by atoms with van der Waals surface area (Å²) in [6.07, 6.45) is 2.71. The molecule has 0 rings (SSSR count). The van der Waals surface area contributed by atoms with E-state index in [1.807, 2.05) is 6.92 Å². The van der Waals surface area contributed by atoms with Crippen molar-refractivity contribution in [2.24, 2.45) is 0 Å². The number of nitriles is 1. The molecule has 0 aromatic rings. The van der Waals surface area contributed by atoms with Crippen molar-refractivity contribution in [2.75, 3.05) is 46.7 Å². The molecule has 0 saturated carbocycles. The van der Waals surface area contributed by atoms with Crippen molar-refractivity contribution in [3.63, 3.8) is 0 Å². The topological polar surface area (TPSA) is 63.5 Å². The zero-order chi connectivity index (χ0) is 14.4. The Labute approximate surface area is 117 Å². The molecule has 5 heteroatoms. The van der Waals surface area contributed by atoms with Crippen LogP contribution in [0.25, 0.3) is 0 Å². The maximum absolute atomic E-state index is 9.15. The molecule has 1 N–H and O–H groups in total. The predicted molar refractivity (Wildman–Crippen MR) is 75.1 cm³/mol. The van der Waals surface area contributed by atoms with Gasteiger partial charge in [-0.25, -0.2) is 0 Å². The van der Waals surface area contributed by atoms with Gasteiger partial charge in [-0.1, -0.05) is 6.92 Å². The Hall–Kier alpha value is -0.670. The van der Waals surface area contributed by atoms with E-state index in [9.17, 15) is 0 Å². The number of methoxy groups -OCH3 is 1. The zero-order valence-corrected chi connectivity index (χ0v) is 12.5. The molecule has 0 aliphatic rings. The monoisotopic (exact) mass is 272 g/mol. The molecular weight excluding hydrogens is 244 g/mol. The lowest BCUT2D eigenvalue weighted by Gasteiger charge is -2.22. The highest BCUT2D eigenvalue weighted by Crippen LogP contribution is 2.11. The van der Waals surface area contributed by atoms with E-state index < -0.39 is 5.54 Å². The summed E-state index contributed by atoms with van der Waals surface area (Å²) in [5.41, 5.74) is -0.436. The summed E-state index contributed by atoms with van der Waals surface area (Å²) >= 11 is 0. The Morgan fingerprint density at radius 1 is 1.11 bits per heavy atom. The molecule has 112 valence electrons. The average Bonchev–Trinajstić information content (AvgIpc) is 2.43. The largest absolute Gasteiger partial charge is 0.382 e. The summed E-state index contributed by atoms with van der Waals surface area (Å²) in [6.45, 7) is 7.98. The first-order valence-electron chi connectivity index (χ1n) is 6.99. The van der Waals surface area contributed by atoms with Gasteiger partial charge >= 0.3 is 0 Å². The molecule has 1 atom stereocenters. The van der Waals surface area contributed by atoms with Gasteiger partial charge in [0, 0.05) is 13.7 Å². The first-order chi connectivity index (χ1) is 9.18. The second kappa shape index (κ2) is 12.4. The SMILES string of the molecule is CCCNC(C)(C#N)CCCOCCOCCOC. The molecular formula is C14H28N2O3. The first-order valence-corrected chi connectivity index (χ1v) is 6.99. The first kappa shape index (κ1) is 18.3. The molecule has 0 aliphatic carbocycles. The van der Waals surface area contributed by atoms with Crippen LogP contribution >= 0.6 is 0 Å². The van der Waals surface area contributed by atoms with Crippen LogP contribution in [0.2, 0.25) is 0 Å². The van der Waals surface area contributed by atoms with Gasteiger partial charge in [0.25, 0.3) is 0 Å². The number of hydrogen-bond donors (Lipinski definition) is 1. The van der Waals surface area contributed by atoms with Crippen LogP contribution in [-0.4, -0.2) is 52.2 Å². The quantitative estimate of drug-likeness (QED) is 0.517. The summed E-state index contributed by atoms with van der Waals surface area (Å²) in [7, 11) is 1.65. The van der Waals surface area contributed by atoms with Crippen molar-refractivity contribution in [2.45, 2.75) is 38.6 Å². The van der Waals surface area contributed by atoms with E-state index >= 15 is 0 Å². The molecule has 1 unspecified atom stereocenters. The van der Waals surface area contributed by atoms with Crippen molar-refractivity contribution in [3.05, 3.63) is 0 Å². The molecule has 19 heavy (non-hydrogen) atoms. The molecule has 0 saturated heterocycles. The standard InChI is InChI=1S/C14H28N2O3/c1-4-7-16-14(2,13-15)6-5-8-18-11-12-19-10-9-17-3/h16H,4-12H2,1-3H3. The maximum Gasteiger partial charge on any atom is 0.104 e. The summed E-state index contributed by atoms with van der Waals surface area (Å²) < 4.78 is 15.6. The highest BCUT2D eigenvalue weighted by Gasteiger charge is 2.21. The van der Waals surface area contributed by atoms with E-state index in [0.29, 0.717) is 33.0 Å². The minimum atomic E-state index is -0.436. The summed E-state index contributed by atoms with van der Waals surface area (Å²) in [5, 5.41) is 12.4. The fraction of sp³-hybridized carbons (Fsp3) is 0.929. The summed E-state index contributed by atoms with van der Waals surface area (Å²) in [5.74, 6) is 0. The zero-order valence-electron chi connectivity index (χ0n) is 12.5. The van der Waals surface area contributed by atoms with Gasteiger partial charge in [0.15, 0.2) is 0 Å². The van der Waals surface area contributed by atoms with Crippen LogP contribution < -0.4 is 5.32 Å². The van der Waals surface area contributed by atoms with Crippen molar-refractivity contribution in [1.82, 2.24) is 5.32 Å². The molecule has 5 nitrogen and oxygen atoms in total. The Bertz CT molecular complexity index is 243. The summed E-state index contributed by atoms with van der Waals surface area (Å²) in [4.78, 5) is 0. The van der Waals surface area contributed by atoms with Gasteiger partial charge in [0.05, 0.1) is 32.5 Å². The third kappa shape index (κ3) is 10.9. The molecule has 0 radical (unpaired) electrons. The number of rotatable bonds is 13. The van der Waals surface area contributed by atoms with Crippen LogP contribution in [0.15, 0.2) is 0 Å². The van der Waals surface area contributed by atoms with Gasteiger partial charge in [-0.2, -0.15) is 5.26 Å². The molecule has 0 fully saturated rings. The molecule has 0 bridgehead atoms. The van der Waals surface area contributed by atoms with Gasteiger partial charge in [-0.05, 0) is 32.7 Å². The number of hydrogen-bond acceptors (Lipinski definition) is 5. The molecule has 0 spiro atoms. The van der Waals surface area contributed by atoms with Crippen molar-refractivity contribution < 1.29 is 14.2 Å². The lowest BCUT2D eigenvalue weighted by Crippen LogP contribution is -2.41. The highest BCUT2D eigenvalue weighted by molar-refractivity contribution is 5.03. The third-order valence-electron chi connectivity index (χ3n) is 2.78. The fourth-order valence-corrected chi connectivity index (χ4v) is 1.58. The van der Waals surface area contributed by atoms with Crippen LogP contribution in [0, 0.1) is 11.3 Å².